The quantitative estimate of drug-likeness (QED) is 0.601. The van der Waals surface area contributed by atoms with Crippen molar-refractivity contribution in [3.8, 4) is 0 Å². The van der Waals surface area contributed by atoms with E-state index in [4.69, 9.17) is 4.74 Å². The summed E-state index contributed by atoms with van der Waals surface area (Å²) in [6.45, 7) is 2.93. The normalized spacial score (nSPS) is 10.4. The molecular formula is C14H15IN2O2. The molecule has 0 aliphatic rings. The molecule has 100 valence electrons. The van der Waals surface area contributed by atoms with Crippen LogP contribution in [-0.2, 0) is 17.7 Å². The number of hydrogen-bond acceptors (Lipinski definition) is 3. The van der Waals surface area contributed by atoms with Gasteiger partial charge in [-0.1, -0.05) is 30.3 Å². The van der Waals surface area contributed by atoms with Crippen LogP contribution in [0, 0.1) is 3.70 Å². The lowest BCUT2D eigenvalue weighted by Crippen LogP contribution is -2.09. The first-order valence-electron chi connectivity index (χ1n) is 6.14. The molecule has 0 bridgehead atoms. The van der Waals surface area contributed by atoms with E-state index in [0.717, 1.165) is 16.7 Å². The molecular weight excluding hydrogens is 355 g/mol. The van der Waals surface area contributed by atoms with Crippen LogP contribution in [0.5, 0.6) is 0 Å². The highest BCUT2D eigenvalue weighted by Gasteiger charge is 2.16. The van der Waals surface area contributed by atoms with Gasteiger partial charge in [0.05, 0.1) is 12.8 Å². The van der Waals surface area contributed by atoms with Crippen LogP contribution in [-0.4, -0.2) is 22.4 Å². The standard InChI is InChI=1S/C14H15IN2O2/c1-2-19-14(18)12-10-16-17(13(12)15)9-8-11-6-4-3-5-7-11/h3-7,10H,2,8-9H2,1H3. The zero-order valence-corrected chi connectivity index (χ0v) is 12.8. The van der Waals surface area contributed by atoms with E-state index in [9.17, 15) is 4.79 Å². The molecule has 0 radical (unpaired) electrons. The molecule has 0 saturated heterocycles. The lowest BCUT2D eigenvalue weighted by Gasteiger charge is -2.04. The maximum absolute atomic E-state index is 11.7. The van der Waals surface area contributed by atoms with Gasteiger partial charge in [-0.3, -0.25) is 4.68 Å². The highest BCUT2D eigenvalue weighted by atomic mass is 127. The number of carbonyl (C=O) groups is 1. The lowest BCUT2D eigenvalue weighted by atomic mass is 10.1. The first-order valence-corrected chi connectivity index (χ1v) is 7.22. The van der Waals surface area contributed by atoms with Crippen molar-refractivity contribution in [2.45, 2.75) is 19.9 Å². The fraction of sp³-hybridized carbons (Fsp3) is 0.286. The minimum atomic E-state index is -0.308. The average molecular weight is 370 g/mol. The maximum atomic E-state index is 11.7. The molecule has 0 N–H and O–H groups in total. The Balaban J connectivity index is 2.04. The van der Waals surface area contributed by atoms with Gasteiger partial charge >= 0.3 is 5.97 Å². The van der Waals surface area contributed by atoms with Gasteiger partial charge in [0, 0.05) is 6.54 Å². The van der Waals surface area contributed by atoms with Crippen molar-refractivity contribution < 1.29 is 9.53 Å². The Bertz CT molecular complexity index is 552. The second-order valence-corrected chi connectivity index (χ2v) is 5.05. The van der Waals surface area contributed by atoms with E-state index < -0.39 is 0 Å². The molecule has 0 atom stereocenters. The van der Waals surface area contributed by atoms with Crippen molar-refractivity contribution in [2.24, 2.45) is 0 Å². The summed E-state index contributed by atoms with van der Waals surface area (Å²) in [6.07, 6.45) is 2.46. The largest absolute Gasteiger partial charge is 0.462 e. The number of carbonyl (C=O) groups excluding carboxylic acids is 1. The molecule has 5 heteroatoms. The molecule has 1 aromatic carbocycles. The van der Waals surface area contributed by atoms with Gasteiger partial charge < -0.3 is 4.74 Å². The van der Waals surface area contributed by atoms with E-state index in [0.29, 0.717) is 12.2 Å². The summed E-state index contributed by atoms with van der Waals surface area (Å²) in [5.74, 6) is -0.308. The Morgan fingerprint density at radius 1 is 1.37 bits per heavy atom. The van der Waals surface area contributed by atoms with Crippen molar-refractivity contribution in [2.75, 3.05) is 6.61 Å². The number of benzene rings is 1. The monoisotopic (exact) mass is 370 g/mol. The van der Waals surface area contributed by atoms with E-state index in [-0.39, 0.29) is 5.97 Å². The van der Waals surface area contributed by atoms with Gasteiger partial charge in [0.2, 0.25) is 0 Å². The van der Waals surface area contributed by atoms with Crippen molar-refractivity contribution in [3.05, 3.63) is 51.4 Å². The fourth-order valence-corrected chi connectivity index (χ4v) is 2.48. The van der Waals surface area contributed by atoms with Crippen LogP contribution in [0.4, 0.5) is 0 Å². The maximum Gasteiger partial charge on any atom is 0.342 e. The molecule has 1 aromatic heterocycles. The Labute approximate surface area is 125 Å². The van der Waals surface area contributed by atoms with Crippen LogP contribution < -0.4 is 0 Å². The van der Waals surface area contributed by atoms with Crippen LogP contribution in [0.2, 0.25) is 0 Å². The molecule has 1 heterocycles. The van der Waals surface area contributed by atoms with Gasteiger partial charge in [0.1, 0.15) is 9.26 Å². The van der Waals surface area contributed by atoms with Gasteiger partial charge in [0.25, 0.3) is 0 Å². The smallest absolute Gasteiger partial charge is 0.342 e. The second kappa shape index (κ2) is 6.70. The molecule has 0 spiro atoms. The number of rotatable bonds is 5. The van der Waals surface area contributed by atoms with Crippen molar-refractivity contribution in [3.63, 3.8) is 0 Å². The van der Waals surface area contributed by atoms with Crippen LogP contribution in [0.3, 0.4) is 0 Å². The van der Waals surface area contributed by atoms with E-state index in [1.54, 1.807) is 13.1 Å². The molecule has 0 aliphatic carbocycles. The van der Waals surface area contributed by atoms with Gasteiger partial charge in [-0.2, -0.15) is 5.10 Å². The van der Waals surface area contributed by atoms with Crippen LogP contribution in [0.15, 0.2) is 36.5 Å². The molecule has 0 saturated carbocycles. The van der Waals surface area contributed by atoms with E-state index in [1.807, 2.05) is 22.9 Å². The molecule has 4 nitrogen and oxygen atoms in total. The number of aryl methyl sites for hydroxylation is 2. The SMILES string of the molecule is CCOC(=O)c1cnn(CCc2ccccc2)c1I. The number of hydrogen-bond donors (Lipinski definition) is 0. The minimum absolute atomic E-state index is 0.308. The van der Waals surface area contributed by atoms with Crippen LogP contribution in [0.25, 0.3) is 0 Å². The summed E-state index contributed by atoms with van der Waals surface area (Å²) in [4.78, 5) is 11.7. The molecule has 2 aromatic rings. The lowest BCUT2D eigenvalue weighted by molar-refractivity contribution is 0.0525. The Kier molecular flexibility index (Phi) is 4.95. The van der Waals surface area contributed by atoms with Gasteiger partial charge in [-0.15, -0.1) is 0 Å². The van der Waals surface area contributed by atoms with Gasteiger partial charge in [0.15, 0.2) is 0 Å². The Morgan fingerprint density at radius 2 is 2.11 bits per heavy atom. The summed E-state index contributed by atoms with van der Waals surface area (Å²) in [7, 11) is 0. The molecule has 0 fully saturated rings. The third kappa shape index (κ3) is 3.56. The number of ether oxygens (including phenoxy) is 1. The highest BCUT2D eigenvalue weighted by molar-refractivity contribution is 14.1. The first-order chi connectivity index (χ1) is 9.22. The van der Waals surface area contributed by atoms with Crippen molar-refractivity contribution >= 4 is 28.6 Å². The van der Waals surface area contributed by atoms with Gasteiger partial charge in [-0.05, 0) is 41.5 Å². The predicted octanol–water partition coefficient (Wildman–Crippen LogP) is 2.91. The van der Waals surface area contributed by atoms with E-state index in [2.05, 4.69) is 39.8 Å². The molecule has 2 rings (SSSR count). The Hall–Kier alpha value is -1.37. The van der Waals surface area contributed by atoms with Crippen molar-refractivity contribution in [1.29, 1.82) is 0 Å². The summed E-state index contributed by atoms with van der Waals surface area (Å²) >= 11 is 2.13. The molecule has 0 amide bonds. The third-order valence-electron chi connectivity index (χ3n) is 2.73. The van der Waals surface area contributed by atoms with Crippen molar-refractivity contribution in [1.82, 2.24) is 9.78 Å². The number of esters is 1. The summed E-state index contributed by atoms with van der Waals surface area (Å²) < 4.78 is 7.65. The third-order valence-corrected chi connectivity index (χ3v) is 3.86. The summed E-state index contributed by atoms with van der Waals surface area (Å²) in [5.41, 5.74) is 1.79. The van der Waals surface area contributed by atoms with E-state index in [1.165, 1.54) is 5.56 Å². The zero-order chi connectivity index (χ0) is 13.7. The summed E-state index contributed by atoms with van der Waals surface area (Å²) in [5, 5.41) is 4.24. The minimum Gasteiger partial charge on any atom is -0.462 e. The van der Waals surface area contributed by atoms with E-state index >= 15 is 0 Å². The topological polar surface area (TPSA) is 44.1 Å². The number of nitrogens with zero attached hydrogens (tertiary/aromatic N) is 2. The average Bonchev–Trinajstić information content (AvgIpc) is 2.79. The van der Waals surface area contributed by atoms with Gasteiger partial charge in [-0.25, -0.2) is 4.79 Å². The predicted molar refractivity (Wildman–Crippen MR) is 81.0 cm³/mol. The molecule has 0 aliphatic heterocycles. The number of aromatic nitrogens is 2. The Morgan fingerprint density at radius 3 is 2.79 bits per heavy atom. The molecule has 0 unspecified atom stereocenters. The highest BCUT2D eigenvalue weighted by Crippen LogP contribution is 2.14. The fourth-order valence-electron chi connectivity index (χ4n) is 1.75. The van der Waals surface area contributed by atoms with Crippen LogP contribution >= 0.6 is 22.6 Å². The summed E-state index contributed by atoms with van der Waals surface area (Å²) in [6, 6.07) is 10.2. The second-order valence-electron chi connectivity index (χ2n) is 4.03. The zero-order valence-electron chi connectivity index (χ0n) is 10.7. The first kappa shape index (κ1) is 14.0. The van der Waals surface area contributed by atoms with Crippen LogP contribution in [0.1, 0.15) is 22.8 Å². The number of halogens is 1. The molecule has 19 heavy (non-hydrogen) atoms.